The van der Waals surface area contributed by atoms with E-state index in [-0.39, 0.29) is 28.1 Å². The number of benzene rings is 3. The van der Waals surface area contributed by atoms with Gasteiger partial charge in [-0.3, -0.25) is 14.3 Å². The number of ether oxygens (including phenoxy) is 1. The standard InChI is InChI=1S/C34H32N8O6S2/c1-24-10-8-9-15-28(24)36-31-27(22-35)30(25-11-4-2-5-12-25)37-34(38-31)49-23-29(43)41-18-16-40(17-19-41)20-21-47-32-33(42(44)48-39-32)50(45,46)26-13-6-3-7-14-26/h2-15H,16-21,23H2,1H3,(H,36,37,38). The van der Waals surface area contributed by atoms with Crippen molar-refractivity contribution in [1.82, 2.24) is 24.9 Å². The number of carbonyl (C=O) groups is 1. The molecule has 1 N–H and O–H groups in total. The summed E-state index contributed by atoms with van der Waals surface area (Å²) in [4.78, 5) is 26.2. The molecule has 14 nitrogen and oxygen atoms in total. The molecular weight excluding hydrogens is 681 g/mol. The molecule has 0 aliphatic carbocycles. The Kier molecular flexibility index (Phi) is 10.6. The third-order valence-corrected chi connectivity index (χ3v) is 10.6. The smallest absolute Gasteiger partial charge is 0.415 e. The zero-order chi connectivity index (χ0) is 35.1. The van der Waals surface area contributed by atoms with Gasteiger partial charge in [0.25, 0.3) is 9.84 Å². The van der Waals surface area contributed by atoms with Crippen LogP contribution in [0.1, 0.15) is 11.1 Å². The number of nitriles is 1. The number of carbonyl (C=O) groups excluding carboxylic acids is 1. The van der Waals surface area contributed by atoms with Gasteiger partial charge in [0.15, 0.2) is 11.0 Å². The highest BCUT2D eigenvalue weighted by Gasteiger charge is 2.36. The third kappa shape index (κ3) is 7.70. The van der Waals surface area contributed by atoms with Gasteiger partial charge in [-0.2, -0.15) is 5.26 Å². The van der Waals surface area contributed by atoms with Crippen molar-refractivity contribution in [3.63, 3.8) is 0 Å². The Balaban J connectivity index is 1.06. The van der Waals surface area contributed by atoms with Gasteiger partial charge in [-0.15, -0.1) is 0 Å². The molecule has 256 valence electrons. The number of para-hydroxylation sites is 1. The molecule has 0 bridgehead atoms. The first kappa shape index (κ1) is 34.4. The number of hydrogen-bond donors (Lipinski definition) is 1. The monoisotopic (exact) mass is 712 g/mol. The molecule has 3 heterocycles. The van der Waals surface area contributed by atoms with Gasteiger partial charge in [-0.1, -0.05) is 78.5 Å². The highest BCUT2D eigenvalue weighted by atomic mass is 32.2. The number of thioether (sulfide) groups is 1. The highest BCUT2D eigenvalue weighted by Crippen LogP contribution is 2.31. The lowest BCUT2D eigenvalue weighted by Gasteiger charge is -2.34. The van der Waals surface area contributed by atoms with E-state index in [1.54, 1.807) is 23.1 Å². The van der Waals surface area contributed by atoms with Gasteiger partial charge in [0.2, 0.25) is 5.91 Å². The maximum atomic E-state index is 13.3. The van der Waals surface area contributed by atoms with E-state index in [2.05, 4.69) is 31.1 Å². The summed E-state index contributed by atoms with van der Waals surface area (Å²) in [6.07, 6.45) is 0. The predicted octanol–water partition coefficient (Wildman–Crippen LogP) is 3.84. The average Bonchev–Trinajstić information content (AvgIpc) is 3.52. The van der Waals surface area contributed by atoms with Gasteiger partial charge in [-0.05, 0) is 35.6 Å². The quantitative estimate of drug-likeness (QED) is 0.112. The molecule has 3 aromatic carbocycles. The summed E-state index contributed by atoms with van der Waals surface area (Å²) in [5, 5.41) is 28.7. The van der Waals surface area contributed by atoms with Crippen LogP contribution in [0.15, 0.2) is 105 Å². The molecule has 1 aliphatic rings. The summed E-state index contributed by atoms with van der Waals surface area (Å²) in [5.41, 5.74) is 3.34. The van der Waals surface area contributed by atoms with E-state index in [1.807, 2.05) is 61.5 Å². The van der Waals surface area contributed by atoms with E-state index in [0.717, 1.165) is 16.8 Å². The van der Waals surface area contributed by atoms with Crippen LogP contribution in [0.2, 0.25) is 0 Å². The largest absolute Gasteiger partial charge is 0.453 e. The van der Waals surface area contributed by atoms with Crippen LogP contribution in [0.5, 0.6) is 5.88 Å². The van der Waals surface area contributed by atoms with Crippen molar-refractivity contribution in [2.24, 2.45) is 0 Å². The molecule has 1 amide bonds. The Labute approximate surface area is 292 Å². The minimum absolute atomic E-state index is 0.0479. The van der Waals surface area contributed by atoms with E-state index in [0.29, 0.717) is 55.0 Å². The second-order valence-electron chi connectivity index (χ2n) is 11.2. The molecule has 1 fully saturated rings. The summed E-state index contributed by atoms with van der Waals surface area (Å²) >= 11 is 1.21. The maximum Gasteiger partial charge on any atom is 0.415 e. The Morgan fingerprint density at radius 1 is 1.02 bits per heavy atom. The highest BCUT2D eigenvalue weighted by molar-refractivity contribution is 7.99. The van der Waals surface area contributed by atoms with Crippen LogP contribution >= 0.6 is 11.8 Å². The molecule has 1 aliphatic heterocycles. The summed E-state index contributed by atoms with van der Waals surface area (Å²) in [5.74, 6) is -0.0197. The predicted molar refractivity (Wildman–Crippen MR) is 183 cm³/mol. The molecule has 6 rings (SSSR count). The molecular formula is C34H32N8O6S2. The van der Waals surface area contributed by atoms with Gasteiger partial charge in [0.1, 0.15) is 18.2 Å². The number of sulfone groups is 1. The van der Waals surface area contributed by atoms with Crippen LogP contribution in [0.3, 0.4) is 0 Å². The number of aryl methyl sites for hydroxylation is 1. The Hall–Kier alpha value is -5.50. The number of nitrogens with zero attached hydrogens (tertiary/aromatic N) is 7. The van der Waals surface area contributed by atoms with Gasteiger partial charge in [0, 0.05) is 44.0 Å². The molecule has 2 aromatic heterocycles. The molecule has 50 heavy (non-hydrogen) atoms. The SMILES string of the molecule is Cc1ccccc1Nc1nc(SCC(=O)N2CCN(CCOc3no[n+]([O-])c3S(=O)(=O)c3ccccc3)CC2)nc(-c2ccccc2)c1C#N. The van der Waals surface area contributed by atoms with Gasteiger partial charge >= 0.3 is 10.9 Å². The number of piperazine rings is 1. The van der Waals surface area contributed by atoms with Crippen LogP contribution < -0.4 is 15.0 Å². The molecule has 0 spiro atoms. The Morgan fingerprint density at radius 2 is 1.70 bits per heavy atom. The lowest BCUT2D eigenvalue weighted by Crippen LogP contribution is -2.50. The van der Waals surface area contributed by atoms with Crippen molar-refractivity contribution in [2.45, 2.75) is 22.0 Å². The molecule has 0 radical (unpaired) electrons. The fourth-order valence-electron chi connectivity index (χ4n) is 5.30. The second kappa shape index (κ2) is 15.4. The van der Waals surface area contributed by atoms with E-state index < -0.39 is 20.7 Å². The van der Waals surface area contributed by atoms with Crippen LogP contribution in [-0.4, -0.2) is 84.3 Å². The number of amides is 1. The van der Waals surface area contributed by atoms with Gasteiger partial charge in [0.05, 0.1) is 21.5 Å². The molecule has 0 unspecified atom stereocenters. The number of hydrogen-bond acceptors (Lipinski definition) is 13. The number of nitrogens with one attached hydrogen (secondary N) is 1. The van der Waals surface area contributed by atoms with Crippen molar-refractivity contribution in [1.29, 1.82) is 5.26 Å². The summed E-state index contributed by atoms with van der Waals surface area (Å²) in [7, 11) is -4.21. The van der Waals surface area contributed by atoms with Crippen molar-refractivity contribution in [3.05, 3.63) is 101 Å². The van der Waals surface area contributed by atoms with E-state index >= 15 is 0 Å². The fraction of sp³-hybridized carbons (Fsp3) is 0.235. The first-order valence-corrected chi connectivity index (χ1v) is 18.1. The zero-order valence-corrected chi connectivity index (χ0v) is 28.6. The lowest BCUT2D eigenvalue weighted by atomic mass is 10.1. The van der Waals surface area contributed by atoms with E-state index in [1.165, 1.54) is 23.9 Å². The normalized spacial score (nSPS) is 13.5. The first-order chi connectivity index (χ1) is 24.2. The maximum absolute atomic E-state index is 13.3. The summed E-state index contributed by atoms with van der Waals surface area (Å²) in [6.45, 7) is 4.49. The number of anilines is 2. The number of aromatic nitrogens is 4. The molecule has 0 saturated carbocycles. The van der Waals surface area contributed by atoms with Crippen LogP contribution in [0, 0.1) is 23.5 Å². The lowest BCUT2D eigenvalue weighted by molar-refractivity contribution is -0.832. The van der Waals surface area contributed by atoms with Crippen LogP contribution in [0.25, 0.3) is 11.3 Å². The van der Waals surface area contributed by atoms with Crippen molar-refractivity contribution >= 4 is 39.0 Å². The summed E-state index contributed by atoms with van der Waals surface area (Å²) in [6, 6.07) is 26.8. The van der Waals surface area contributed by atoms with Crippen molar-refractivity contribution in [2.75, 3.05) is 50.4 Å². The van der Waals surface area contributed by atoms with E-state index in [9.17, 15) is 23.7 Å². The van der Waals surface area contributed by atoms with Gasteiger partial charge < -0.3 is 20.2 Å². The molecule has 1 saturated heterocycles. The van der Waals surface area contributed by atoms with Crippen molar-refractivity contribution < 1.29 is 27.5 Å². The third-order valence-electron chi connectivity index (χ3n) is 8.00. The fourth-order valence-corrected chi connectivity index (χ4v) is 7.34. The number of rotatable bonds is 12. The van der Waals surface area contributed by atoms with Crippen LogP contribution in [0.4, 0.5) is 11.5 Å². The zero-order valence-electron chi connectivity index (χ0n) is 26.9. The van der Waals surface area contributed by atoms with E-state index in [4.69, 9.17) is 9.72 Å². The summed E-state index contributed by atoms with van der Waals surface area (Å²) < 4.78 is 36.1. The van der Waals surface area contributed by atoms with Crippen LogP contribution in [-0.2, 0) is 14.6 Å². The van der Waals surface area contributed by atoms with Gasteiger partial charge in [-0.25, -0.2) is 18.4 Å². The minimum atomic E-state index is -4.21. The molecule has 16 heteroatoms. The molecule has 5 aromatic rings. The molecule has 0 atom stereocenters. The minimum Gasteiger partial charge on any atom is -0.453 e. The average molecular weight is 713 g/mol. The Morgan fingerprint density at radius 3 is 2.40 bits per heavy atom. The second-order valence-corrected chi connectivity index (χ2v) is 14.0. The first-order valence-electron chi connectivity index (χ1n) is 15.6. The van der Waals surface area contributed by atoms with Crippen molar-refractivity contribution in [3.8, 4) is 23.2 Å². The topological polar surface area (TPSA) is 181 Å². The Bertz CT molecular complexity index is 2120.